The molecule has 1 aliphatic rings. The first-order chi connectivity index (χ1) is 4.11. The van der Waals surface area contributed by atoms with Crippen molar-refractivity contribution in [3.05, 3.63) is 12.7 Å². The van der Waals surface area contributed by atoms with Gasteiger partial charge in [-0.05, 0) is 19.3 Å². The monoisotopic (exact) mass is 124 g/mol. The van der Waals surface area contributed by atoms with Crippen LogP contribution in [0.1, 0.15) is 20.3 Å². The summed E-state index contributed by atoms with van der Waals surface area (Å²) in [4.78, 5) is 10.8. The number of hydrogen-bond acceptors (Lipinski definition) is 1. The van der Waals surface area contributed by atoms with E-state index < -0.39 is 0 Å². The number of ketones is 1. The second kappa shape index (κ2) is 1.69. The molecular weight excluding hydrogens is 112 g/mol. The Labute approximate surface area is 55.8 Å². The standard InChI is InChI=1S/C8H12O/c1-4-7-5-8(7,3)6(2)9/h4,7H,1,5H2,2-3H3/t7-,8+/m0/s1. The van der Waals surface area contributed by atoms with Gasteiger partial charge in [0.1, 0.15) is 5.78 Å². The Hall–Kier alpha value is -0.590. The quantitative estimate of drug-likeness (QED) is 0.513. The minimum Gasteiger partial charge on any atom is -0.299 e. The van der Waals surface area contributed by atoms with Crippen molar-refractivity contribution in [1.82, 2.24) is 0 Å². The first-order valence-corrected chi connectivity index (χ1v) is 3.25. The summed E-state index contributed by atoms with van der Waals surface area (Å²) in [5, 5.41) is 0. The van der Waals surface area contributed by atoms with Gasteiger partial charge in [-0.25, -0.2) is 0 Å². The van der Waals surface area contributed by atoms with Crippen LogP contribution < -0.4 is 0 Å². The predicted molar refractivity (Wildman–Crippen MR) is 37.1 cm³/mol. The Morgan fingerprint density at radius 1 is 1.89 bits per heavy atom. The molecule has 0 aromatic rings. The molecule has 0 spiro atoms. The molecule has 1 fully saturated rings. The Balaban J connectivity index is 2.62. The van der Waals surface area contributed by atoms with E-state index in [1.54, 1.807) is 6.92 Å². The molecule has 2 atom stereocenters. The lowest BCUT2D eigenvalue weighted by Gasteiger charge is -2.00. The van der Waals surface area contributed by atoms with Crippen LogP contribution in [0.25, 0.3) is 0 Å². The molecule has 0 bridgehead atoms. The Morgan fingerprint density at radius 2 is 2.44 bits per heavy atom. The summed E-state index contributed by atoms with van der Waals surface area (Å²) in [5.74, 6) is 0.752. The fourth-order valence-corrected chi connectivity index (χ4v) is 1.15. The van der Waals surface area contributed by atoms with Gasteiger partial charge < -0.3 is 0 Å². The molecule has 0 N–H and O–H groups in total. The molecule has 1 nitrogen and oxygen atoms in total. The van der Waals surface area contributed by atoms with Crippen molar-refractivity contribution in [1.29, 1.82) is 0 Å². The van der Waals surface area contributed by atoms with Crippen molar-refractivity contribution in [2.24, 2.45) is 11.3 Å². The van der Waals surface area contributed by atoms with E-state index in [4.69, 9.17) is 0 Å². The molecule has 1 rings (SSSR count). The van der Waals surface area contributed by atoms with Gasteiger partial charge in [-0.2, -0.15) is 0 Å². The van der Waals surface area contributed by atoms with Gasteiger partial charge in [-0.1, -0.05) is 13.0 Å². The first kappa shape index (κ1) is 6.53. The van der Waals surface area contributed by atoms with Crippen molar-refractivity contribution < 1.29 is 4.79 Å². The maximum atomic E-state index is 10.8. The molecule has 0 heterocycles. The number of carbonyl (C=O) groups is 1. The summed E-state index contributed by atoms with van der Waals surface area (Å²) in [7, 11) is 0. The van der Waals surface area contributed by atoms with E-state index in [1.807, 2.05) is 13.0 Å². The highest BCUT2D eigenvalue weighted by molar-refractivity contribution is 5.85. The Bertz CT molecular complexity index is 160. The zero-order chi connectivity index (χ0) is 7.07. The maximum Gasteiger partial charge on any atom is 0.136 e. The zero-order valence-corrected chi connectivity index (χ0v) is 5.98. The summed E-state index contributed by atoms with van der Waals surface area (Å²) in [6.45, 7) is 7.31. The van der Waals surface area contributed by atoms with Gasteiger partial charge in [0.25, 0.3) is 0 Å². The maximum absolute atomic E-state index is 10.8. The minimum absolute atomic E-state index is 0.0399. The minimum atomic E-state index is -0.0399. The Kier molecular flexibility index (Phi) is 1.23. The summed E-state index contributed by atoms with van der Waals surface area (Å²) >= 11 is 0. The average molecular weight is 124 g/mol. The SMILES string of the molecule is C=C[C@H]1C[C@]1(C)C(C)=O. The van der Waals surface area contributed by atoms with Gasteiger partial charge >= 0.3 is 0 Å². The van der Waals surface area contributed by atoms with E-state index in [0.717, 1.165) is 6.42 Å². The van der Waals surface area contributed by atoms with Gasteiger partial charge in [0, 0.05) is 5.41 Å². The van der Waals surface area contributed by atoms with Crippen LogP contribution in [0, 0.1) is 11.3 Å². The molecule has 0 amide bonds. The fraction of sp³-hybridized carbons (Fsp3) is 0.625. The molecule has 1 saturated carbocycles. The lowest BCUT2D eigenvalue weighted by Crippen LogP contribution is -2.08. The van der Waals surface area contributed by atoms with Crippen LogP contribution >= 0.6 is 0 Å². The highest BCUT2D eigenvalue weighted by atomic mass is 16.1. The predicted octanol–water partition coefficient (Wildman–Crippen LogP) is 1.79. The second-order valence-electron chi connectivity index (χ2n) is 3.02. The largest absolute Gasteiger partial charge is 0.299 e. The van der Waals surface area contributed by atoms with Gasteiger partial charge in [0.2, 0.25) is 0 Å². The molecule has 1 heteroatoms. The zero-order valence-electron chi connectivity index (χ0n) is 5.98. The lowest BCUT2D eigenvalue weighted by molar-refractivity contribution is -0.121. The van der Waals surface area contributed by atoms with Gasteiger partial charge in [-0.15, -0.1) is 6.58 Å². The molecule has 0 aromatic heterocycles. The molecule has 50 valence electrons. The summed E-state index contributed by atoms with van der Waals surface area (Å²) in [6.07, 6.45) is 2.88. The highest BCUT2D eigenvalue weighted by Gasteiger charge is 2.51. The molecule has 0 aromatic carbocycles. The van der Waals surface area contributed by atoms with Crippen LogP contribution in [-0.2, 0) is 4.79 Å². The summed E-state index contributed by atoms with van der Waals surface area (Å²) < 4.78 is 0. The normalized spacial score (nSPS) is 40.0. The topological polar surface area (TPSA) is 17.1 Å². The van der Waals surface area contributed by atoms with Gasteiger partial charge in [0.15, 0.2) is 0 Å². The van der Waals surface area contributed by atoms with E-state index in [1.165, 1.54) is 0 Å². The summed E-state index contributed by atoms with van der Waals surface area (Å²) in [6, 6.07) is 0. The summed E-state index contributed by atoms with van der Waals surface area (Å²) in [5.41, 5.74) is -0.0399. The Morgan fingerprint density at radius 3 is 2.56 bits per heavy atom. The smallest absolute Gasteiger partial charge is 0.136 e. The van der Waals surface area contributed by atoms with E-state index in [9.17, 15) is 4.79 Å². The third-order valence-corrected chi connectivity index (χ3v) is 2.39. The molecule has 1 aliphatic carbocycles. The van der Waals surface area contributed by atoms with E-state index in [2.05, 4.69) is 6.58 Å². The number of allylic oxidation sites excluding steroid dienone is 1. The van der Waals surface area contributed by atoms with Crippen molar-refractivity contribution in [2.75, 3.05) is 0 Å². The lowest BCUT2D eigenvalue weighted by atomic mass is 10.0. The second-order valence-corrected chi connectivity index (χ2v) is 3.02. The first-order valence-electron chi connectivity index (χ1n) is 3.25. The van der Waals surface area contributed by atoms with Crippen LogP contribution in [0.2, 0.25) is 0 Å². The molecule has 0 radical (unpaired) electrons. The van der Waals surface area contributed by atoms with Gasteiger partial charge in [-0.3, -0.25) is 4.79 Å². The highest BCUT2D eigenvalue weighted by Crippen LogP contribution is 2.53. The number of rotatable bonds is 2. The average Bonchev–Trinajstić information content (AvgIpc) is 2.44. The molecular formula is C8H12O. The number of hydrogen-bond donors (Lipinski definition) is 0. The van der Waals surface area contributed by atoms with E-state index in [0.29, 0.717) is 11.7 Å². The molecule has 0 saturated heterocycles. The van der Waals surface area contributed by atoms with Crippen molar-refractivity contribution in [3.8, 4) is 0 Å². The fourth-order valence-electron chi connectivity index (χ4n) is 1.15. The van der Waals surface area contributed by atoms with Crippen LogP contribution in [0.3, 0.4) is 0 Å². The third-order valence-electron chi connectivity index (χ3n) is 2.39. The molecule has 0 aliphatic heterocycles. The number of Topliss-reactive ketones (excluding diaryl/α,β-unsaturated/α-hetero) is 1. The third kappa shape index (κ3) is 0.805. The van der Waals surface area contributed by atoms with Crippen LogP contribution in [0.4, 0.5) is 0 Å². The van der Waals surface area contributed by atoms with Crippen LogP contribution in [0.5, 0.6) is 0 Å². The van der Waals surface area contributed by atoms with Crippen LogP contribution in [-0.4, -0.2) is 5.78 Å². The number of carbonyl (C=O) groups excluding carboxylic acids is 1. The van der Waals surface area contributed by atoms with Crippen molar-refractivity contribution in [2.45, 2.75) is 20.3 Å². The molecule has 0 unspecified atom stereocenters. The molecule has 9 heavy (non-hydrogen) atoms. The van der Waals surface area contributed by atoms with Crippen molar-refractivity contribution in [3.63, 3.8) is 0 Å². The van der Waals surface area contributed by atoms with E-state index >= 15 is 0 Å². The van der Waals surface area contributed by atoms with Gasteiger partial charge in [0.05, 0.1) is 0 Å². The van der Waals surface area contributed by atoms with E-state index in [-0.39, 0.29) is 5.41 Å². The van der Waals surface area contributed by atoms with Crippen molar-refractivity contribution >= 4 is 5.78 Å². The van der Waals surface area contributed by atoms with Crippen LogP contribution in [0.15, 0.2) is 12.7 Å².